The van der Waals surface area contributed by atoms with Crippen LogP contribution in [0.25, 0.3) is 33.9 Å². The monoisotopic (exact) mass is 530 g/mol. The molecule has 2 atom stereocenters. The van der Waals surface area contributed by atoms with Gasteiger partial charge in [0.2, 0.25) is 5.95 Å². The molecule has 0 spiro atoms. The summed E-state index contributed by atoms with van der Waals surface area (Å²) in [5, 5.41) is 2.73. The first-order chi connectivity index (χ1) is 20.3. The normalized spacial score (nSPS) is 20.7. The van der Waals surface area contributed by atoms with E-state index < -0.39 is 0 Å². The van der Waals surface area contributed by atoms with Crippen molar-refractivity contribution >= 4 is 17.1 Å². The smallest absolute Gasteiger partial charge is 0.230 e. The SMILES string of the molecule is C1=CCCC(C2=c3ccccc3=C3C4=CC=CCC4N(c4nc(-c5ccccc5)nc(-c5ccccc5)n4)C3C2)=C1. The van der Waals surface area contributed by atoms with Crippen molar-refractivity contribution in [3.05, 3.63) is 143 Å². The highest BCUT2D eigenvalue weighted by molar-refractivity contribution is 5.86. The van der Waals surface area contributed by atoms with Crippen LogP contribution in [0.4, 0.5) is 5.95 Å². The molecule has 2 heterocycles. The zero-order valence-corrected chi connectivity index (χ0v) is 22.8. The van der Waals surface area contributed by atoms with E-state index in [1.807, 2.05) is 36.4 Å². The lowest BCUT2D eigenvalue weighted by Gasteiger charge is -2.33. The first-order valence-corrected chi connectivity index (χ1v) is 14.6. The molecule has 0 amide bonds. The summed E-state index contributed by atoms with van der Waals surface area (Å²) in [5.74, 6) is 2.17. The van der Waals surface area contributed by atoms with Crippen molar-refractivity contribution in [3.8, 4) is 22.8 Å². The molecular formula is C37H30N4. The number of benzene rings is 3. The number of hydrogen-bond acceptors (Lipinski definition) is 4. The van der Waals surface area contributed by atoms with Gasteiger partial charge in [-0.05, 0) is 58.4 Å². The maximum absolute atomic E-state index is 5.19. The molecule has 0 saturated carbocycles. The molecule has 4 nitrogen and oxygen atoms in total. The molecule has 1 aliphatic heterocycles. The Balaban J connectivity index is 1.36. The Morgan fingerprint density at radius 3 is 1.98 bits per heavy atom. The van der Waals surface area contributed by atoms with Crippen LogP contribution in [0.15, 0.2) is 133 Å². The quantitative estimate of drug-likeness (QED) is 0.309. The number of hydrogen-bond donors (Lipinski definition) is 0. The van der Waals surface area contributed by atoms with E-state index in [2.05, 4.69) is 89.9 Å². The molecule has 3 aromatic carbocycles. The van der Waals surface area contributed by atoms with E-state index in [1.54, 1.807) is 0 Å². The van der Waals surface area contributed by atoms with Crippen molar-refractivity contribution in [2.45, 2.75) is 37.8 Å². The third-order valence-corrected chi connectivity index (χ3v) is 8.71. The average Bonchev–Trinajstić information content (AvgIpc) is 3.40. The molecule has 4 heteroatoms. The van der Waals surface area contributed by atoms with E-state index in [-0.39, 0.29) is 12.1 Å². The second-order valence-electron chi connectivity index (χ2n) is 11.0. The number of aromatic nitrogens is 3. The summed E-state index contributed by atoms with van der Waals surface area (Å²) in [4.78, 5) is 17.9. The Kier molecular flexibility index (Phi) is 5.84. The van der Waals surface area contributed by atoms with Crippen molar-refractivity contribution in [2.24, 2.45) is 0 Å². The van der Waals surface area contributed by atoms with Crippen LogP contribution in [0.2, 0.25) is 0 Å². The van der Waals surface area contributed by atoms with Gasteiger partial charge in [-0.15, -0.1) is 0 Å². The number of fused-ring (bicyclic) bond motifs is 4. The maximum atomic E-state index is 5.19. The third-order valence-electron chi connectivity index (χ3n) is 8.71. The topological polar surface area (TPSA) is 41.9 Å². The van der Waals surface area contributed by atoms with Crippen LogP contribution in [-0.4, -0.2) is 27.0 Å². The molecule has 198 valence electrons. The minimum Gasteiger partial charge on any atom is -0.326 e. The Hall–Kier alpha value is -4.83. The zero-order chi connectivity index (χ0) is 27.2. The van der Waals surface area contributed by atoms with Crippen LogP contribution >= 0.6 is 0 Å². The number of rotatable bonds is 4. The van der Waals surface area contributed by atoms with Gasteiger partial charge in [0.05, 0.1) is 12.1 Å². The van der Waals surface area contributed by atoms with Gasteiger partial charge in [0, 0.05) is 11.1 Å². The summed E-state index contributed by atoms with van der Waals surface area (Å²) < 4.78 is 0. The second kappa shape index (κ2) is 9.97. The van der Waals surface area contributed by atoms with Gasteiger partial charge >= 0.3 is 0 Å². The van der Waals surface area contributed by atoms with Gasteiger partial charge in [0.15, 0.2) is 11.6 Å². The molecule has 0 bridgehead atoms. The molecule has 1 saturated heterocycles. The van der Waals surface area contributed by atoms with Crippen LogP contribution in [0, 0.1) is 0 Å². The van der Waals surface area contributed by atoms with Gasteiger partial charge in [-0.3, -0.25) is 0 Å². The first-order valence-electron chi connectivity index (χ1n) is 14.6. The van der Waals surface area contributed by atoms with Crippen molar-refractivity contribution in [1.82, 2.24) is 15.0 Å². The highest BCUT2D eigenvalue weighted by Crippen LogP contribution is 2.45. The maximum Gasteiger partial charge on any atom is 0.230 e. The molecule has 0 N–H and O–H groups in total. The fourth-order valence-corrected chi connectivity index (χ4v) is 6.87. The molecule has 2 unspecified atom stereocenters. The highest BCUT2D eigenvalue weighted by atomic mass is 15.3. The molecule has 0 radical (unpaired) electrons. The lowest BCUT2D eigenvalue weighted by molar-refractivity contribution is 0.649. The van der Waals surface area contributed by atoms with Crippen molar-refractivity contribution in [2.75, 3.05) is 4.90 Å². The third kappa shape index (κ3) is 4.10. The molecule has 41 heavy (non-hydrogen) atoms. The summed E-state index contributed by atoms with van der Waals surface area (Å²) in [6.45, 7) is 0. The number of anilines is 1. The predicted molar refractivity (Wildman–Crippen MR) is 166 cm³/mol. The van der Waals surface area contributed by atoms with E-state index >= 15 is 0 Å². The first kappa shape index (κ1) is 24.0. The van der Waals surface area contributed by atoms with Crippen molar-refractivity contribution in [1.29, 1.82) is 0 Å². The largest absolute Gasteiger partial charge is 0.326 e. The molecule has 4 aliphatic rings. The molecule has 3 aliphatic carbocycles. The van der Waals surface area contributed by atoms with Crippen molar-refractivity contribution < 1.29 is 0 Å². The number of allylic oxidation sites excluding steroid dienone is 6. The molecule has 1 fully saturated rings. The Bertz CT molecular complexity index is 1840. The summed E-state index contributed by atoms with van der Waals surface area (Å²) in [5.41, 5.74) is 7.72. The van der Waals surface area contributed by atoms with Gasteiger partial charge < -0.3 is 4.90 Å². The van der Waals surface area contributed by atoms with Crippen LogP contribution in [0.3, 0.4) is 0 Å². The van der Waals surface area contributed by atoms with Crippen molar-refractivity contribution in [3.63, 3.8) is 0 Å². The molecule has 1 aromatic heterocycles. The minimum absolute atomic E-state index is 0.150. The standard InChI is InChI=1S/C37H30N4/c1-4-14-25(15-5-1)31-24-33-34(29-21-11-10-20-28(29)31)30-22-12-13-23-32(30)41(33)37-39-35(26-16-6-2-7-17-26)38-36(40-37)27-18-8-3-9-19-27/h1-4,6-14,16-22,32-33H,5,15,23-24H2. The predicted octanol–water partition coefficient (Wildman–Crippen LogP) is 6.33. The van der Waals surface area contributed by atoms with E-state index in [4.69, 9.17) is 15.0 Å². The molecular weight excluding hydrogens is 500 g/mol. The van der Waals surface area contributed by atoms with Crippen LogP contribution < -0.4 is 15.3 Å². The van der Waals surface area contributed by atoms with Crippen LogP contribution in [0.5, 0.6) is 0 Å². The average molecular weight is 531 g/mol. The summed E-state index contributed by atoms with van der Waals surface area (Å²) in [7, 11) is 0. The lowest BCUT2D eigenvalue weighted by Crippen LogP contribution is -2.43. The lowest BCUT2D eigenvalue weighted by atomic mass is 9.82. The summed E-state index contributed by atoms with van der Waals surface area (Å²) in [6.07, 6.45) is 17.7. The highest BCUT2D eigenvalue weighted by Gasteiger charge is 2.45. The van der Waals surface area contributed by atoms with Crippen LogP contribution in [-0.2, 0) is 0 Å². The summed E-state index contributed by atoms with van der Waals surface area (Å²) >= 11 is 0. The Morgan fingerprint density at radius 2 is 1.29 bits per heavy atom. The van der Waals surface area contributed by atoms with Gasteiger partial charge in [-0.1, -0.05) is 121 Å². The Labute approximate surface area is 240 Å². The Morgan fingerprint density at radius 1 is 0.634 bits per heavy atom. The molecule has 4 aromatic rings. The number of nitrogens with zero attached hydrogens (tertiary/aromatic N) is 4. The zero-order valence-electron chi connectivity index (χ0n) is 22.8. The van der Waals surface area contributed by atoms with E-state index in [9.17, 15) is 0 Å². The second-order valence-corrected chi connectivity index (χ2v) is 11.0. The van der Waals surface area contributed by atoms with E-state index in [1.165, 1.54) is 32.7 Å². The van der Waals surface area contributed by atoms with E-state index in [0.29, 0.717) is 11.6 Å². The van der Waals surface area contributed by atoms with Gasteiger partial charge in [-0.25, -0.2) is 4.98 Å². The minimum atomic E-state index is 0.150. The van der Waals surface area contributed by atoms with Gasteiger partial charge in [0.25, 0.3) is 0 Å². The van der Waals surface area contributed by atoms with Crippen LogP contribution in [0.1, 0.15) is 25.7 Å². The van der Waals surface area contributed by atoms with E-state index in [0.717, 1.165) is 42.8 Å². The van der Waals surface area contributed by atoms with Gasteiger partial charge in [-0.2, -0.15) is 9.97 Å². The fraction of sp³-hybridized carbons (Fsp3) is 0.162. The fourth-order valence-electron chi connectivity index (χ4n) is 6.87. The summed E-state index contributed by atoms with van der Waals surface area (Å²) in [6, 6.07) is 29.9. The van der Waals surface area contributed by atoms with Gasteiger partial charge in [0.1, 0.15) is 0 Å². The molecule has 8 rings (SSSR count).